The number of benzene rings is 1. The monoisotopic (exact) mass is 343 g/mol. The maximum absolute atomic E-state index is 12.2. The number of thiazole rings is 1. The molecule has 6 nitrogen and oxygen atoms in total. The number of hydrogen-bond donors (Lipinski definition) is 1. The lowest BCUT2D eigenvalue weighted by Crippen LogP contribution is -2.32. The van der Waals surface area contributed by atoms with E-state index in [4.69, 9.17) is 0 Å². The van der Waals surface area contributed by atoms with Crippen LogP contribution in [0.4, 0.5) is 0 Å². The summed E-state index contributed by atoms with van der Waals surface area (Å²) in [6.07, 6.45) is 3.29. The number of hydrogen-bond acceptors (Lipinski definition) is 5. The van der Waals surface area contributed by atoms with Crippen molar-refractivity contribution < 1.29 is 14.4 Å². The minimum absolute atomic E-state index is 0.0730. The number of rotatable bonds is 7. The van der Waals surface area contributed by atoms with Crippen LogP contribution < -0.4 is 5.32 Å². The van der Waals surface area contributed by atoms with E-state index in [-0.39, 0.29) is 30.7 Å². The van der Waals surface area contributed by atoms with Crippen molar-refractivity contribution in [3.05, 3.63) is 52.0 Å². The fourth-order valence-corrected chi connectivity index (χ4v) is 3.22. The molecule has 3 rings (SSSR count). The predicted molar refractivity (Wildman–Crippen MR) is 89.9 cm³/mol. The van der Waals surface area contributed by atoms with Crippen molar-refractivity contribution in [1.82, 2.24) is 15.2 Å². The van der Waals surface area contributed by atoms with E-state index in [0.717, 1.165) is 11.3 Å². The molecule has 0 spiro atoms. The molecule has 2 heterocycles. The second kappa shape index (κ2) is 7.35. The van der Waals surface area contributed by atoms with Gasteiger partial charge in [0.15, 0.2) is 0 Å². The summed E-state index contributed by atoms with van der Waals surface area (Å²) in [6.45, 7) is 0.822. The Morgan fingerprint density at radius 2 is 1.88 bits per heavy atom. The van der Waals surface area contributed by atoms with Crippen LogP contribution in [-0.4, -0.2) is 40.7 Å². The summed E-state index contributed by atoms with van der Waals surface area (Å²) in [7, 11) is 0. The maximum Gasteiger partial charge on any atom is 0.261 e. The first-order valence-corrected chi connectivity index (χ1v) is 8.64. The minimum atomic E-state index is -0.277. The molecule has 1 aromatic heterocycles. The van der Waals surface area contributed by atoms with Gasteiger partial charge in [0.1, 0.15) is 0 Å². The van der Waals surface area contributed by atoms with E-state index in [2.05, 4.69) is 10.3 Å². The van der Waals surface area contributed by atoms with Gasteiger partial charge in [-0.25, -0.2) is 0 Å². The molecule has 0 saturated heterocycles. The number of aromatic nitrogens is 1. The molecule has 1 aliphatic heterocycles. The van der Waals surface area contributed by atoms with Crippen LogP contribution in [-0.2, 0) is 11.2 Å². The summed E-state index contributed by atoms with van der Waals surface area (Å²) >= 11 is 1.56. The molecule has 0 radical (unpaired) electrons. The van der Waals surface area contributed by atoms with E-state index < -0.39 is 0 Å². The van der Waals surface area contributed by atoms with E-state index in [1.165, 1.54) is 4.90 Å². The molecule has 0 fully saturated rings. The van der Waals surface area contributed by atoms with Crippen molar-refractivity contribution in [3.63, 3.8) is 0 Å². The smallest absolute Gasteiger partial charge is 0.261 e. The second-order valence-corrected chi connectivity index (χ2v) is 6.45. The standard InChI is InChI=1S/C17H17N3O3S/c21-15(19-8-7-12-10-18-11-24-12)6-3-9-20-16(22)13-4-1-2-5-14(13)17(20)23/h1-2,4-5,10-11H,3,6-9H2,(H,19,21). The Morgan fingerprint density at radius 1 is 1.17 bits per heavy atom. The van der Waals surface area contributed by atoms with Gasteiger partial charge in [0.25, 0.3) is 11.8 Å². The number of nitrogens with one attached hydrogen (secondary N) is 1. The van der Waals surface area contributed by atoms with Crippen molar-refractivity contribution in [2.45, 2.75) is 19.3 Å². The van der Waals surface area contributed by atoms with Crippen molar-refractivity contribution in [1.29, 1.82) is 0 Å². The fourth-order valence-electron chi connectivity index (χ4n) is 2.62. The highest BCUT2D eigenvalue weighted by molar-refractivity contribution is 7.09. The van der Waals surface area contributed by atoms with Crippen LogP contribution in [0.25, 0.3) is 0 Å². The molecule has 1 N–H and O–H groups in total. The average molecular weight is 343 g/mol. The van der Waals surface area contributed by atoms with Gasteiger partial charge in [-0.3, -0.25) is 24.3 Å². The van der Waals surface area contributed by atoms with Crippen LogP contribution in [0.2, 0.25) is 0 Å². The molecular formula is C17H17N3O3S. The van der Waals surface area contributed by atoms with E-state index in [1.807, 2.05) is 0 Å². The molecule has 7 heteroatoms. The van der Waals surface area contributed by atoms with Crippen LogP contribution in [0, 0.1) is 0 Å². The van der Waals surface area contributed by atoms with E-state index >= 15 is 0 Å². The summed E-state index contributed by atoms with van der Waals surface area (Å²) in [6, 6.07) is 6.79. The van der Waals surface area contributed by atoms with E-state index in [1.54, 1.807) is 47.3 Å². The Labute approximate surface area is 143 Å². The van der Waals surface area contributed by atoms with Gasteiger partial charge in [0, 0.05) is 37.0 Å². The highest BCUT2D eigenvalue weighted by atomic mass is 32.1. The van der Waals surface area contributed by atoms with Gasteiger partial charge in [-0.05, 0) is 18.6 Å². The number of imide groups is 1. The number of amides is 3. The molecule has 24 heavy (non-hydrogen) atoms. The summed E-state index contributed by atoms with van der Waals surface area (Å²) in [4.78, 5) is 42.5. The number of carbonyl (C=O) groups is 3. The lowest BCUT2D eigenvalue weighted by atomic mass is 10.1. The third-order valence-electron chi connectivity index (χ3n) is 3.84. The van der Waals surface area contributed by atoms with Gasteiger partial charge in [0.05, 0.1) is 16.6 Å². The summed E-state index contributed by atoms with van der Waals surface area (Å²) in [5, 5.41) is 2.84. The molecule has 0 bridgehead atoms. The minimum Gasteiger partial charge on any atom is -0.356 e. The van der Waals surface area contributed by atoms with Crippen LogP contribution in [0.1, 0.15) is 38.4 Å². The van der Waals surface area contributed by atoms with Crippen molar-refractivity contribution in [2.75, 3.05) is 13.1 Å². The normalized spacial score (nSPS) is 13.2. The van der Waals surface area contributed by atoms with Crippen LogP contribution in [0.3, 0.4) is 0 Å². The zero-order valence-corrected chi connectivity index (χ0v) is 13.8. The van der Waals surface area contributed by atoms with Crippen LogP contribution >= 0.6 is 11.3 Å². The van der Waals surface area contributed by atoms with Gasteiger partial charge in [-0.1, -0.05) is 12.1 Å². The molecular weight excluding hydrogens is 326 g/mol. The van der Waals surface area contributed by atoms with Gasteiger partial charge in [-0.2, -0.15) is 0 Å². The summed E-state index contributed by atoms with van der Waals surface area (Å²) in [5.74, 6) is -0.626. The molecule has 0 aliphatic carbocycles. The molecule has 0 atom stereocenters. The molecule has 0 unspecified atom stereocenters. The van der Waals surface area contributed by atoms with Crippen molar-refractivity contribution in [2.24, 2.45) is 0 Å². The zero-order valence-electron chi connectivity index (χ0n) is 13.0. The topological polar surface area (TPSA) is 79.4 Å². The van der Waals surface area contributed by atoms with E-state index in [0.29, 0.717) is 24.1 Å². The second-order valence-electron chi connectivity index (χ2n) is 5.48. The van der Waals surface area contributed by atoms with Gasteiger partial charge in [0.2, 0.25) is 5.91 Å². The highest BCUT2D eigenvalue weighted by Gasteiger charge is 2.34. The number of carbonyl (C=O) groups excluding carboxylic acids is 3. The number of fused-ring (bicyclic) bond motifs is 1. The van der Waals surface area contributed by atoms with E-state index in [9.17, 15) is 14.4 Å². The molecule has 1 aromatic carbocycles. The Kier molecular flexibility index (Phi) is 5.00. The van der Waals surface area contributed by atoms with Gasteiger partial charge < -0.3 is 5.32 Å². The van der Waals surface area contributed by atoms with Crippen molar-refractivity contribution >= 4 is 29.1 Å². The Balaban J connectivity index is 1.41. The Morgan fingerprint density at radius 3 is 2.50 bits per heavy atom. The molecule has 124 valence electrons. The van der Waals surface area contributed by atoms with Gasteiger partial charge in [-0.15, -0.1) is 11.3 Å². The quantitative estimate of drug-likeness (QED) is 0.779. The Hall–Kier alpha value is -2.54. The largest absolute Gasteiger partial charge is 0.356 e. The lowest BCUT2D eigenvalue weighted by molar-refractivity contribution is -0.121. The maximum atomic E-state index is 12.2. The first-order chi connectivity index (χ1) is 11.7. The first-order valence-electron chi connectivity index (χ1n) is 7.76. The fraction of sp³-hybridized carbons (Fsp3) is 0.294. The zero-order chi connectivity index (χ0) is 16.9. The van der Waals surface area contributed by atoms with Crippen LogP contribution in [0.15, 0.2) is 36.0 Å². The predicted octanol–water partition coefficient (Wildman–Crippen LogP) is 1.88. The third kappa shape index (κ3) is 3.51. The first kappa shape index (κ1) is 16.3. The lowest BCUT2D eigenvalue weighted by Gasteiger charge is -2.13. The summed E-state index contributed by atoms with van der Waals surface area (Å²) in [5.41, 5.74) is 2.65. The van der Waals surface area contributed by atoms with Crippen LogP contribution in [0.5, 0.6) is 0 Å². The van der Waals surface area contributed by atoms with Crippen molar-refractivity contribution in [3.8, 4) is 0 Å². The molecule has 0 saturated carbocycles. The SMILES string of the molecule is O=C(CCCN1C(=O)c2ccccc2C1=O)NCCc1cncs1. The Bertz CT molecular complexity index is 723. The number of nitrogens with zero attached hydrogens (tertiary/aromatic N) is 2. The van der Waals surface area contributed by atoms with Gasteiger partial charge >= 0.3 is 0 Å². The third-order valence-corrected chi connectivity index (χ3v) is 4.68. The summed E-state index contributed by atoms with van der Waals surface area (Å²) < 4.78 is 0. The molecule has 1 aliphatic rings. The average Bonchev–Trinajstić information content (AvgIpc) is 3.18. The highest BCUT2D eigenvalue weighted by Crippen LogP contribution is 2.22. The molecule has 3 amide bonds. The molecule has 2 aromatic rings.